The van der Waals surface area contributed by atoms with E-state index in [4.69, 9.17) is 9.47 Å². The highest BCUT2D eigenvalue weighted by Gasteiger charge is 2.38. The summed E-state index contributed by atoms with van der Waals surface area (Å²) in [7, 11) is 0. The molecule has 4 rings (SSSR count). The highest BCUT2D eigenvalue weighted by atomic mass is 19.4. The summed E-state index contributed by atoms with van der Waals surface area (Å²) in [6.07, 6.45) is -2.72. The maximum Gasteiger partial charge on any atom is 0.416 e. The lowest BCUT2D eigenvalue weighted by atomic mass is 10.0. The van der Waals surface area contributed by atoms with Crippen LogP contribution in [0.2, 0.25) is 0 Å². The van der Waals surface area contributed by atoms with Gasteiger partial charge in [0.1, 0.15) is 13.2 Å². The minimum atomic E-state index is -4.42. The first kappa shape index (κ1) is 18.7. The predicted molar refractivity (Wildman–Crippen MR) is 96.5 cm³/mol. The molecular weight excluding hydrogens is 371 g/mol. The van der Waals surface area contributed by atoms with Crippen molar-refractivity contribution < 1.29 is 27.4 Å². The van der Waals surface area contributed by atoms with Crippen LogP contribution in [0.1, 0.15) is 47.3 Å². The minimum absolute atomic E-state index is 0.0326. The maximum atomic E-state index is 13.2. The van der Waals surface area contributed by atoms with Crippen LogP contribution >= 0.6 is 0 Å². The Kier molecular flexibility index (Phi) is 4.69. The second-order valence-electron chi connectivity index (χ2n) is 7.10. The molecule has 148 valence electrons. The normalized spacial score (nSPS) is 17.1. The van der Waals surface area contributed by atoms with Gasteiger partial charge in [0.2, 0.25) is 0 Å². The van der Waals surface area contributed by atoms with E-state index >= 15 is 0 Å². The maximum absolute atomic E-state index is 13.2. The van der Waals surface area contributed by atoms with Gasteiger partial charge in [-0.25, -0.2) is 0 Å². The van der Waals surface area contributed by atoms with Crippen LogP contribution < -0.4 is 9.47 Å². The van der Waals surface area contributed by atoms with E-state index in [0.717, 1.165) is 25.0 Å². The molecule has 4 nitrogen and oxygen atoms in total. The molecule has 2 aromatic rings. The highest BCUT2D eigenvalue weighted by molar-refractivity contribution is 5.95. The number of benzene rings is 2. The number of halogens is 3. The van der Waals surface area contributed by atoms with E-state index in [1.165, 1.54) is 6.07 Å². The fourth-order valence-electron chi connectivity index (χ4n) is 3.47. The summed E-state index contributed by atoms with van der Waals surface area (Å²) in [5.74, 6) is 0.885. The highest BCUT2D eigenvalue weighted by Crippen LogP contribution is 2.39. The number of nitrogens with zero attached hydrogens (tertiary/aromatic N) is 1. The first-order valence-electron chi connectivity index (χ1n) is 9.24. The third-order valence-corrected chi connectivity index (χ3v) is 5.08. The van der Waals surface area contributed by atoms with Crippen LogP contribution in [-0.4, -0.2) is 30.1 Å². The molecule has 0 spiro atoms. The fraction of sp³-hybridized carbons (Fsp3) is 0.381. The summed E-state index contributed by atoms with van der Waals surface area (Å²) >= 11 is 0. The van der Waals surface area contributed by atoms with E-state index in [1.54, 1.807) is 36.1 Å². The minimum Gasteiger partial charge on any atom is -0.486 e. The van der Waals surface area contributed by atoms with E-state index < -0.39 is 17.8 Å². The van der Waals surface area contributed by atoms with Crippen molar-refractivity contribution in [3.8, 4) is 11.5 Å². The molecule has 0 radical (unpaired) electrons. The van der Waals surface area contributed by atoms with Gasteiger partial charge in [0.15, 0.2) is 11.5 Å². The molecule has 0 saturated heterocycles. The molecule has 7 heteroatoms. The number of amides is 1. The van der Waals surface area contributed by atoms with Crippen molar-refractivity contribution in [2.24, 2.45) is 0 Å². The number of ether oxygens (including phenoxy) is 2. The monoisotopic (exact) mass is 391 g/mol. The van der Waals surface area contributed by atoms with Gasteiger partial charge < -0.3 is 14.4 Å². The first-order valence-corrected chi connectivity index (χ1v) is 9.24. The van der Waals surface area contributed by atoms with Crippen LogP contribution in [0.3, 0.4) is 0 Å². The third kappa shape index (κ3) is 3.66. The smallest absolute Gasteiger partial charge is 0.416 e. The summed E-state index contributed by atoms with van der Waals surface area (Å²) in [4.78, 5) is 14.9. The lowest BCUT2D eigenvalue weighted by molar-refractivity contribution is -0.137. The fourth-order valence-corrected chi connectivity index (χ4v) is 3.47. The van der Waals surface area contributed by atoms with Gasteiger partial charge in [-0.3, -0.25) is 4.79 Å². The van der Waals surface area contributed by atoms with Crippen molar-refractivity contribution in [2.45, 2.75) is 38.0 Å². The number of hydrogen-bond acceptors (Lipinski definition) is 3. The van der Waals surface area contributed by atoms with Gasteiger partial charge in [-0.2, -0.15) is 13.2 Å². The second kappa shape index (κ2) is 7.04. The summed E-state index contributed by atoms with van der Waals surface area (Å²) < 4.78 is 50.3. The van der Waals surface area contributed by atoms with Gasteiger partial charge in [0.05, 0.1) is 11.6 Å². The van der Waals surface area contributed by atoms with Crippen molar-refractivity contribution in [3.05, 3.63) is 59.2 Å². The van der Waals surface area contributed by atoms with Gasteiger partial charge in [-0.05, 0) is 55.7 Å². The summed E-state index contributed by atoms with van der Waals surface area (Å²) in [5, 5.41) is 0. The van der Waals surface area contributed by atoms with Crippen molar-refractivity contribution in [1.29, 1.82) is 0 Å². The van der Waals surface area contributed by atoms with Crippen LogP contribution in [0, 0.1) is 0 Å². The molecule has 0 bridgehead atoms. The Morgan fingerprint density at radius 3 is 2.46 bits per heavy atom. The zero-order chi connectivity index (χ0) is 19.9. The second-order valence-corrected chi connectivity index (χ2v) is 7.10. The van der Waals surface area contributed by atoms with E-state index in [2.05, 4.69) is 0 Å². The third-order valence-electron chi connectivity index (χ3n) is 5.08. The number of hydrogen-bond donors (Lipinski definition) is 0. The summed E-state index contributed by atoms with van der Waals surface area (Å²) in [5.41, 5.74) is 0.196. The van der Waals surface area contributed by atoms with Gasteiger partial charge >= 0.3 is 6.18 Å². The topological polar surface area (TPSA) is 38.8 Å². The average Bonchev–Trinajstić information content (AvgIpc) is 3.52. The number of rotatable bonds is 4. The molecule has 1 amide bonds. The van der Waals surface area contributed by atoms with Crippen molar-refractivity contribution in [3.63, 3.8) is 0 Å². The van der Waals surface area contributed by atoms with Crippen LogP contribution in [0.15, 0.2) is 42.5 Å². The molecule has 0 N–H and O–H groups in total. The number of carbonyl (C=O) groups is 1. The van der Waals surface area contributed by atoms with E-state index in [0.29, 0.717) is 35.8 Å². The number of carbonyl (C=O) groups excluding carboxylic acids is 1. The van der Waals surface area contributed by atoms with Crippen LogP contribution in [0.25, 0.3) is 0 Å². The molecule has 28 heavy (non-hydrogen) atoms. The van der Waals surface area contributed by atoms with Gasteiger partial charge in [0, 0.05) is 11.6 Å². The van der Waals surface area contributed by atoms with Crippen LogP contribution in [0.5, 0.6) is 11.5 Å². The average molecular weight is 391 g/mol. The number of alkyl halides is 3. The van der Waals surface area contributed by atoms with Crippen molar-refractivity contribution in [2.75, 3.05) is 13.2 Å². The van der Waals surface area contributed by atoms with Crippen molar-refractivity contribution >= 4 is 5.91 Å². The van der Waals surface area contributed by atoms with Gasteiger partial charge in [-0.1, -0.05) is 12.1 Å². The molecular formula is C21H20F3NO3. The van der Waals surface area contributed by atoms with Gasteiger partial charge in [0.25, 0.3) is 5.91 Å². The predicted octanol–water partition coefficient (Wildman–Crippen LogP) is 4.84. The Morgan fingerprint density at radius 2 is 1.79 bits per heavy atom. The molecule has 1 fully saturated rings. The zero-order valence-electron chi connectivity index (χ0n) is 15.3. The molecule has 1 aliphatic heterocycles. The van der Waals surface area contributed by atoms with Crippen LogP contribution in [-0.2, 0) is 6.18 Å². The Morgan fingerprint density at radius 1 is 1.07 bits per heavy atom. The molecule has 0 aromatic heterocycles. The number of fused-ring (bicyclic) bond motifs is 1. The largest absolute Gasteiger partial charge is 0.486 e. The lowest BCUT2D eigenvalue weighted by Gasteiger charge is -2.30. The lowest BCUT2D eigenvalue weighted by Crippen LogP contribution is -2.35. The molecule has 2 aliphatic rings. The molecule has 1 unspecified atom stereocenters. The molecule has 1 heterocycles. The SMILES string of the molecule is CC(c1cccc(C(F)(F)F)c1)N(C(=O)c1ccc2c(c1)OCCO2)C1CC1. The van der Waals surface area contributed by atoms with Crippen LogP contribution in [0.4, 0.5) is 13.2 Å². The molecule has 1 aliphatic carbocycles. The van der Waals surface area contributed by atoms with E-state index in [1.807, 2.05) is 0 Å². The van der Waals surface area contributed by atoms with Gasteiger partial charge in [-0.15, -0.1) is 0 Å². The Balaban J connectivity index is 1.63. The van der Waals surface area contributed by atoms with Crippen molar-refractivity contribution in [1.82, 2.24) is 4.90 Å². The Hall–Kier alpha value is -2.70. The summed E-state index contributed by atoms with van der Waals surface area (Å²) in [6, 6.07) is 9.75. The summed E-state index contributed by atoms with van der Waals surface area (Å²) in [6.45, 7) is 2.64. The Labute approximate surface area is 160 Å². The zero-order valence-corrected chi connectivity index (χ0v) is 15.3. The first-order chi connectivity index (χ1) is 13.3. The van der Waals surface area contributed by atoms with E-state index in [-0.39, 0.29) is 11.9 Å². The quantitative estimate of drug-likeness (QED) is 0.749. The molecule has 2 aromatic carbocycles. The molecule has 1 saturated carbocycles. The molecule has 1 atom stereocenters. The Bertz CT molecular complexity index is 893. The van der Waals surface area contributed by atoms with E-state index in [9.17, 15) is 18.0 Å². The standard InChI is InChI=1S/C21H20F3NO3/c1-13(14-3-2-4-16(11-14)21(22,23)24)25(17-6-7-17)20(26)15-5-8-18-19(12-15)28-10-9-27-18/h2-5,8,11-13,17H,6-7,9-10H2,1H3.